The van der Waals surface area contributed by atoms with Crippen LogP contribution in [0.4, 0.5) is 0 Å². The maximum Gasteiger partial charge on any atom is 0.122 e. The van der Waals surface area contributed by atoms with Crippen molar-refractivity contribution in [3.63, 3.8) is 0 Å². The summed E-state index contributed by atoms with van der Waals surface area (Å²) in [4.78, 5) is 0. The Labute approximate surface area is 126 Å². The fourth-order valence-corrected chi connectivity index (χ4v) is 2.04. The molecule has 3 heteroatoms. The fraction of sp³-hybridized carbons (Fsp3) is 0.333. The van der Waals surface area contributed by atoms with Crippen molar-refractivity contribution in [2.75, 3.05) is 13.2 Å². The molecular formula is C18H22O3. The van der Waals surface area contributed by atoms with Gasteiger partial charge in [0.1, 0.15) is 30.5 Å². The first-order valence-electron chi connectivity index (χ1n) is 7.11. The van der Waals surface area contributed by atoms with E-state index in [1.54, 1.807) is 12.1 Å². The highest BCUT2D eigenvalue weighted by molar-refractivity contribution is 5.43. The first kappa shape index (κ1) is 15.2. The molecule has 0 saturated carbocycles. The third-order valence-corrected chi connectivity index (χ3v) is 3.14. The van der Waals surface area contributed by atoms with Gasteiger partial charge in [0.2, 0.25) is 0 Å². The van der Waals surface area contributed by atoms with Gasteiger partial charge in [-0.3, -0.25) is 0 Å². The largest absolute Gasteiger partial charge is 0.508 e. The molecule has 0 unspecified atom stereocenters. The summed E-state index contributed by atoms with van der Waals surface area (Å²) in [6, 6.07) is 15.0. The van der Waals surface area contributed by atoms with Gasteiger partial charge >= 0.3 is 0 Å². The number of para-hydroxylation sites is 1. The van der Waals surface area contributed by atoms with Crippen LogP contribution in [0, 0.1) is 0 Å². The van der Waals surface area contributed by atoms with Gasteiger partial charge in [-0.05, 0) is 35.7 Å². The van der Waals surface area contributed by atoms with Gasteiger partial charge in [0.25, 0.3) is 0 Å². The summed E-state index contributed by atoms with van der Waals surface area (Å²) in [5.41, 5.74) is 0.758. The Bertz CT molecular complexity index is 571. The molecule has 0 atom stereocenters. The minimum Gasteiger partial charge on any atom is -0.508 e. The SMILES string of the molecule is CC(C)(C)c1cc(OCCOc2ccccc2)ccc1O. The van der Waals surface area contributed by atoms with Gasteiger partial charge in [0.15, 0.2) is 0 Å². The van der Waals surface area contributed by atoms with E-state index in [-0.39, 0.29) is 5.41 Å². The monoisotopic (exact) mass is 286 g/mol. The van der Waals surface area contributed by atoms with E-state index in [2.05, 4.69) is 20.8 Å². The number of hydrogen-bond donors (Lipinski definition) is 1. The van der Waals surface area contributed by atoms with Crippen LogP contribution in [-0.2, 0) is 5.41 Å². The fourth-order valence-electron chi connectivity index (χ4n) is 2.04. The van der Waals surface area contributed by atoms with Crippen molar-refractivity contribution in [3.8, 4) is 17.2 Å². The zero-order chi connectivity index (χ0) is 15.3. The van der Waals surface area contributed by atoms with Crippen LogP contribution in [0.15, 0.2) is 48.5 Å². The van der Waals surface area contributed by atoms with Crippen molar-refractivity contribution in [1.29, 1.82) is 0 Å². The summed E-state index contributed by atoms with van der Waals surface area (Å²) < 4.78 is 11.3. The Morgan fingerprint density at radius 3 is 2.10 bits per heavy atom. The molecule has 0 aliphatic carbocycles. The van der Waals surface area contributed by atoms with Crippen molar-refractivity contribution < 1.29 is 14.6 Å². The van der Waals surface area contributed by atoms with Gasteiger partial charge in [-0.2, -0.15) is 0 Å². The molecule has 0 heterocycles. The average molecular weight is 286 g/mol. The van der Waals surface area contributed by atoms with E-state index in [4.69, 9.17) is 9.47 Å². The van der Waals surface area contributed by atoms with Crippen LogP contribution in [0.5, 0.6) is 17.2 Å². The average Bonchev–Trinajstić information content (AvgIpc) is 2.45. The molecule has 2 aromatic rings. The molecule has 0 spiro atoms. The summed E-state index contributed by atoms with van der Waals surface area (Å²) >= 11 is 0. The van der Waals surface area contributed by atoms with Gasteiger partial charge in [0.05, 0.1) is 0 Å². The van der Waals surface area contributed by atoms with Crippen LogP contribution < -0.4 is 9.47 Å². The van der Waals surface area contributed by atoms with E-state index in [1.807, 2.05) is 36.4 Å². The van der Waals surface area contributed by atoms with Crippen LogP contribution in [0.2, 0.25) is 0 Å². The van der Waals surface area contributed by atoms with Crippen LogP contribution >= 0.6 is 0 Å². The molecule has 0 bridgehead atoms. The first-order valence-corrected chi connectivity index (χ1v) is 7.11. The first-order chi connectivity index (χ1) is 9.97. The Kier molecular flexibility index (Phi) is 4.73. The van der Waals surface area contributed by atoms with Crippen LogP contribution in [0.1, 0.15) is 26.3 Å². The summed E-state index contributed by atoms with van der Waals surface area (Å²) in [7, 11) is 0. The van der Waals surface area contributed by atoms with E-state index in [0.29, 0.717) is 19.0 Å². The lowest BCUT2D eigenvalue weighted by Gasteiger charge is -2.21. The maximum atomic E-state index is 9.91. The molecule has 0 aromatic heterocycles. The summed E-state index contributed by atoms with van der Waals surface area (Å²) in [5.74, 6) is 1.88. The van der Waals surface area contributed by atoms with Crippen molar-refractivity contribution in [2.24, 2.45) is 0 Å². The predicted octanol–water partition coefficient (Wildman–Crippen LogP) is 4.15. The topological polar surface area (TPSA) is 38.7 Å². The predicted molar refractivity (Wildman–Crippen MR) is 84.2 cm³/mol. The quantitative estimate of drug-likeness (QED) is 0.839. The normalized spacial score (nSPS) is 11.2. The van der Waals surface area contributed by atoms with E-state index >= 15 is 0 Å². The molecule has 1 N–H and O–H groups in total. The summed E-state index contributed by atoms with van der Waals surface area (Å²) in [5, 5.41) is 9.91. The minimum atomic E-state index is -0.121. The van der Waals surface area contributed by atoms with Crippen molar-refractivity contribution in [1.82, 2.24) is 0 Å². The highest BCUT2D eigenvalue weighted by Gasteiger charge is 2.18. The Balaban J connectivity index is 1.89. The lowest BCUT2D eigenvalue weighted by atomic mass is 9.86. The number of ether oxygens (including phenoxy) is 2. The molecule has 0 aliphatic heterocycles. The van der Waals surface area contributed by atoms with Crippen molar-refractivity contribution >= 4 is 0 Å². The van der Waals surface area contributed by atoms with E-state index < -0.39 is 0 Å². The lowest BCUT2D eigenvalue weighted by Crippen LogP contribution is -2.13. The van der Waals surface area contributed by atoms with E-state index in [9.17, 15) is 5.11 Å². The lowest BCUT2D eigenvalue weighted by molar-refractivity contribution is 0.216. The number of aromatic hydroxyl groups is 1. The molecule has 2 rings (SSSR count). The highest BCUT2D eigenvalue weighted by Crippen LogP contribution is 2.33. The van der Waals surface area contributed by atoms with Crippen molar-refractivity contribution in [2.45, 2.75) is 26.2 Å². The molecule has 0 radical (unpaired) electrons. The molecule has 0 saturated heterocycles. The number of benzene rings is 2. The standard InChI is InChI=1S/C18H22O3/c1-18(2,3)16-13-15(9-10-17(16)19)21-12-11-20-14-7-5-4-6-8-14/h4-10,13,19H,11-12H2,1-3H3. The van der Waals surface area contributed by atoms with Gasteiger partial charge in [-0.25, -0.2) is 0 Å². The zero-order valence-corrected chi connectivity index (χ0v) is 12.8. The third kappa shape index (κ3) is 4.42. The second-order valence-electron chi connectivity index (χ2n) is 5.94. The van der Waals surface area contributed by atoms with Crippen LogP contribution in [0.25, 0.3) is 0 Å². The second-order valence-corrected chi connectivity index (χ2v) is 5.94. The van der Waals surface area contributed by atoms with Gasteiger partial charge in [-0.15, -0.1) is 0 Å². The number of phenols is 1. The summed E-state index contributed by atoms with van der Waals surface area (Å²) in [6.45, 7) is 7.12. The van der Waals surface area contributed by atoms with E-state index in [1.165, 1.54) is 0 Å². The molecule has 0 fully saturated rings. The summed E-state index contributed by atoms with van der Waals surface area (Å²) in [6.07, 6.45) is 0. The Morgan fingerprint density at radius 2 is 1.48 bits per heavy atom. The Morgan fingerprint density at radius 1 is 0.857 bits per heavy atom. The molecule has 0 amide bonds. The zero-order valence-electron chi connectivity index (χ0n) is 12.8. The molecule has 112 valence electrons. The number of rotatable bonds is 5. The van der Waals surface area contributed by atoms with Crippen molar-refractivity contribution in [3.05, 3.63) is 54.1 Å². The van der Waals surface area contributed by atoms with Gasteiger partial charge in [-0.1, -0.05) is 39.0 Å². The van der Waals surface area contributed by atoms with Gasteiger partial charge < -0.3 is 14.6 Å². The van der Waals surface area contributed by atoms with Gasteiger partial charge in [0, 0.05) is 5.56 Å². The smallest absolute Gasteiger partial charge is 0.122 e. The molecule has 0 aliphatic rings. The molecular weight excluding hydrogens is 264 g/mol. The molecule has 3 nitrogen and oxygen atoms in total. The Hall–Kier alpha value is -2.16. The third-order valence-electron chi connectivity index (χ3n) is 3.14. The van der Waals surface area contributed by atoms with E-state index in [0.717, 1.165) is 17.1 Å². The molecule has 2 aromatic carbocycles. The van der Waals surface area contributed by atoms with Crippen LogP contribution in [0.3, 0.4) is 0 Å². The number of hydrogen-bond acceptors (Lipinski definition) is 3. The maximum absolute atomic E-state index is 9.91. The minimum absolute atomic E-state index is 0.121. The van der Waals surface area contributed by atoms with Crippen LogP contribution in [-0.4, -0.2) is 18.3 Å². The molecule has 21 heavy (non-hydrogen) atoms. The number of phenolic OH excluding ortho intramolecular Hbond substituents is 1. The highest BCUT2D eigenvalue weighted by atomic mass is 16.5. The second kappa shape index (κ2) is 6.53.